The van der Waals surface area contributed by atoms with E-state index in [2.05, 4.69) is 4.98 Å². The first-order valence-electron chi connectivity index (χ1n) is 11.1. The van der Waals surface area contributed by atoms with Crippen LogP contribution in [0, 0.1) is 5.82 Å². The Bertz CT molecular complexity index is 1440. The number of rotatable bonds is 6. The van der Waals surface area contributed by atoms with Crippen LogP contribution >= 0.6 is 11.6 Å². The number of halogens is 8. The zero-order chi connectivity index (χ0) is 27.8. The first kappa shape index (κ1) is 30.9. The molecule has 0 amide bonds. The zero-order valence-corrected chi connectivity index (χ0v) is 22.9. The predicted molar refractivity (Wildman–Crippen MR) is 121 cm³/mol. The number of nitrogens with zero attached hydrogens (tertiary/aromatic N) is 1. The van der Waals surface area contributed by atoms with Crippen molar-refractivity contribution < 1.29 is 74.9 Å². The van der Waals surface area contributed by atoms with Crippen molar-refractivity contribution in [3.8, 4) is 5.75 Å². The van der Waals surface area contributed by atoms with Gasteiger partial charge in [0.15, 0.2) is 0 Å². The van der Waals surface area contributed by atoms with Gasteiger partial charge in [0.2, 0.25) is 0 Å². The van der Waals surface area contributed by atoms with Crippen molar-refractivity contribution in [1.29, 1.82) is 0 Å². The molecular weight excluding hydrogens is 566 g/mol. The molecule has 4 rings (SSSR count). The van der Waals surface area contributed by atoms with Gasteiger partial charge in [-0.15, -0.1) is 0 Å². The number of hydrogen-bond donors (Lipinski definition) is 0. The number of alkyl halides is 6. The first-order chi connectivity index (χ1) is 17.7. The van der Waals surface area contributed by atoms with Crippen LogP contribution in [0.25, 0.3) is 11.1 Å². The molecule has 1 heterocycles. The van der Waals surface area contributed by atoms with Crippen LogP contribution in [0.4, 0.5) is 30.7 Å². The molecule has 0 saturated heterocycles. The molecule has 0 atom stereocenters. The summed E-state index contributed by atoms with van der Waals surface area (Å²) in [5, 5.41) is 11.5. The quantitative estimate of drug-likeness (QED) is 0.327. The zero-order valence-electron chi connectivity index (χ0n) is 20.1. The molecule has 0 radical (unpaired) electrons. The number of allylic oxidation sites excluding steroid dienone is 2. The molecule has 1 aromatic heterocycles. The number of benzene rings is 2. The molecule has 1 aliphatic carbocycles. The Hall–Kier alpha value is -2.60. The van der Waals surface area contributed by atoms with Crippen molar-refractivity contribution in [2.75, 3.05) is 0 Å². The number of carbonyl (C=O) groups excluding carboxylic acids is 1. The van der Waals surface area contributed by atoms with Crippen molar-refractivity contribution in [1.82, 2.24) is 4.98 Å². The third-order valence-corrected chi connectivity index (χ3v) is 6.15. The second-order valence-electron chi connectivity index (χ2n) is 8.46. The van der Waals surface area contributed by atoms with Crippen molar-refractivity contribution in [3.05, 3.63) is 93.0 Å². The van der Waals surface area contributed by atoms with Crippen LogP contribution < -0.4 is 39.4 Å². The Morgan fingerprint density at radius 2 is 1.59 bits per heavy atom. The summed E-state index contributed by atoms with van der Waals surface area (Å²) in [6.45, 7) is -0.374. The van der Waals surface area contributed by atoms with Gasteiger partial charge >= 0.3 is 41.9 Å². The number of carbonyl (C=O) groups is 1. The Kier molecular flexibility index (Phi) is 9.42. The van der Waals surface area contributed by atoms with Crippen LogP contribution in [-0.4, -0.2) is 11.0 Å². The van der Waals surface area contributed by atoms with Gasteiger partial charge in [0.05, 0.1) is 28.5 Å². The average molecular weight is 582 g/mol. The number of aromatic carboxylic acids is 1. The van der Waals surface area contributed by atoms with Gasteiger partial charge in [0.25, 0.3) is 0 Å². The molecule has 0 fully saturated rings. The number of aromatic nitrogens is 1. The van der Waals surface area contributed by atoms with E-state index in [1.807, 2.05) is 0 Å². The first-order valence-corrected chi connectivity index (χ1v) is 11.4. The summed E-state index contributed by atoms with van der Waals surface area (Å²) in [6.07, 6.45) is -9.02. The molecule has 0 N–H and O–H groups in total. The maximum Gasteiger partial charge on any atom is 1.00 e. The second kappa shape index (κ2) is 11.9. The fourth-order valence-corrected chi connectivity index (χ4v) is 4.30. The molecule has 0 unspecified atom stereocenters. The molecule has 0 bridgehead atoms. The van der Waals surface area contributed by atoms with E-state index in [0.29, 0.717) is 18.6 Å². The fraction of sp³-hybridized carbons (Fsp3) is 0.231. The average Bonchev–Trinajstić information content (AvgIpc) is 3.32. The van der Waals surface area contributed by atoms with Gasteiger partial charge in [0, 0.05) is 16.1 Å². The molecule has 13 heteroatoms. The standard InChI is InChI=1S/C26H17ClF7NO3.Na/c27-16-6-4-13(20(28)11-16)12-38-23-7-5-14(25(29,30)31)8-19(23)17-2-1-3-18(17)21-9-15(26(32,33)34)10-22(35-21)24(36)37;/h4-11H,1-3,12H2,(H,36,37);/q;+1/p-1. The summed E-state index contributed by atoms with van der Waals surface area (Å²) < 4.78 is 101. The van der Waals surface area contributed by atoms with Crippen LogP contribution in [0.5, 0.6) is 5.75 Å². The number of carboxylic acid groups (broad SMARTS) is 1. The van der Waals surface area contributed by atoms with Gasteiger partial charge in [-0.2, -0.15) is 26.3 Å². The van der Waals surface area contributed by atoms with E-state index in [0.717, 1.165) is 24.3 Å². The molecule has 0 aliphatic heterocycles. The summed E-state index contributed by atoms with van der Waals surface area (Å²) >= 11 is 5.74. The third kappa shape index (κ3) is 7.13. The summed E-state index contributed by atoms with van der Waals surface area (Å²) in [6, 6.07) is 7.36. The maximum atomic E-state index is 14.2. The van der Waals surface area contributed by atoms with Gasteiger partial charge in [-0.05, 0) is 72.9 Å². The van der Waals surface area contributed by atoms with E-state index in [-0.39, 0.29) is 87.7 Å². The van der Waals surface area contributed by atoms with Crippen molar-refractivity contribution >= 4 is 28.7 Å². The monoisotopic (exact) mass is 581 g/mol. The second-order valence-corrected chi connectivity index (χ2v) is 8.89. The number of ether oxygens (including phenoxy) is 1. The summed E-state index contributed by atoms with van der Waals surface area (Å²) in [4.78, 5) is 15.1. The molecule has 2 aromatic carbocycles. The van der Waals surface area contributed by atoms with Crippen molar-refractivity contribution in [3.63, 3.8) is 0 Å². The Balaban J connectivity index is 0.00000420. The minimum absolute atomic E-state index is 0. The van der Waals surface area contributed by atoms with E-state index in [9.17, 15) is 40.6 Å². The fourth-order valence-electron chi connectivity index (χ4n) is 4.14. The molecular formula is C26H16ClF7NNaO3. The maximum absolute atomic E-state index is 14.2. The molecule has 3 aromatic rings. The number of carboxylic acids is 1. The number of pyridine rings is 1. The Morgan fingerprint density at radius 1 is 0.923 bits per heavy atom. The van der Waals surface area contributed by atoms with Crippen LogP contribution in [0.3, 0.4) is 0 Å². The van der Waals surface area contributed by atoms with Crippen LogP contribution in [0.1, 0.15) is 57.7 Å². The van der Waals surface area contributed by atoms with Gasteiger partial charge in [0.1, 0.15) is 18.2 Å². The van der Waals surface area contributed by atoms with Crippen LogP contribution in [0.2, 0.25) is 5.02 Å². The van der Waals surface area contributed by atoms with E-state index < -0.39 is 41.0 Å². The van der Waals surface area contributed by atoms with E-state index in [1.165, 1.54) is 12.1 Å². The summed E-state index contributed by atoms with van der Waals surface area (Å²) in [5.74, 6) is -2.71. The van der Waals surface area contributed by atoms with Gasteiger partial charge in [-0.25, -0.2) is 9.37 Å². The van der Waals surface area contributed by atoms with E-state index >= 15 is 0 Å². The molecule has 0 saturated carbocycles. The minimum atomic E-state index is -4.91. The van der Waals surface area contributed by atoms with Gasteiger partial charge < -0.3 is 14.6 Å². The van der Waals surface area contributed by atoms with Crippen molar-refractivity contribution in [2.24, 2.45) is 0 Å². The molecule has 4 nitrogen and oxygen atoms in total. The number of hydrogen-bond acceptors (Lipinski definition) is 4. The SMILES string of the molecule is O=C([O-])c1cc(C(F)(F)F)cc(C2=C(c3cc(C(F)(F)F)ccc3OCc3ccc(Cl)cc3F)CCC2)n1.[Na+]. The largest absolute Gasteiger partial charge is 1.00 e. The topological polar surface area (TPSA) is 62.2 Å². The predicted octanol–water partition coefficient (Wildman–Crippen LogP) is 3.95. The van der Waals surface area contributed by atoms with Crippen molar-refractivity contribution in [2.45, 2.75) is 38.2 Å². The molecule has 1 aliphatic rings. The summed E-state index contributed by atoms with van der Waals surface area (Å²) in [7, 11) is 0. The molecule has 0 spiro atoms. The smallest absolute Gasteiger partial charge is 0.543 e. The van der Waals surface area contributed by atoms with E-state index in [1.54, 1.807) is 0 Å². The summed E-state index contributed by atoms with van der Waals surface area (Å²) in [5.41, 5.74) is -3.30. The van der Waals surface area contributed by atoms with Gasteiger partial charge in [-0.3, -0.25) is 0 Å². The third-order valence-electron chi connectivity index (χ3n) is 5.92. The van der Waals surface area contributed by atoms with Crippen LogP contribution in [0.15, 0.2) is 48.5 Å². The Morgan fingerprint density at radius 3 is 2.21 bits per heavy atom. The van der Waals surface area contributed by atoms with Crippen LogP contribution in [-0.2, 0) is 19.0 Å². The normalized spacial score (nSPS) is 13.8. The van der Waals surface area contributed by atoms with Gasteiger partial charge in [-0.1, -0.05) is 17.7 Å². The molecule has 39 heavy (non-hydrogen) atoms. The minimum Gasteiger partial charge on any atom is -0.543 e. The molecule has 200 valence electrons. The van der Waals surface area contributed by atoms with E-state index in [4.69, 9.17) is 16.3 Å². The Labute approximate surface area is 244 Å².